The minimum atomic E-state index is -0.878. The van der Waals surface area contributed by atoms with Gasteiger partial charge in [-0.1, -0.05) is 39.3 Å². The van der Waals surface area contributed by atoms with Crippen LogP contribution in [0.25, 0.3) is 0 Å². The zero-order valence-electron chi connectivity index (χ0n) is 21.3. The molecule has 0 amide bonds. The van der Waals surface area contributed by atoms with Crippen LogP contribution < -0.4 is 0 Å². The maximum Gasteiger partial charge on any atom is 0.157 e. The fraction of sp³-hybridized carbons (Fsp3) is 0.643. The van der Waals surface area contributed by atoms with Gasteiger partial charge in [0.25, 0.3) is 0 Å². The Kier molecular flexibility index (Phi) is 7.24. The van der Waals surface area contributed by atoms with Crippen LogP contribution in [0.1, 0.15) is 106 Å². The first-order valence-electron chi connectivity index (χ1n) is 12.4. The number of hydrogen-bond acceptors (Lipinski definition) is 6. The number of rotatable bonds is 7. The predicted octanol–water partition coefficient (Wildman–Crippen LogP) is 5.72. The first-order valence-corrected chi connectivity index (χ1v) is 12.4. The summed E-state index contributed by atoms with van der Waals surface area (Å²) >= 11 is 0. The molecule has 188 valence electrons. The van der Waals surface area contributed by atoms with Crippen molar-refractivity contribution in [2.75, 3.05) is 0 Å². The van der Waals surface area contributed by atoms with Gasteiger partial charge >= 0.3 is 0 Å². The van der Waals surface area contributed by atoms with Crippen molar-refractivity contribution in [2.24, 2.45) is 29.1 Å². The molecule has 0 radical (unpaired) electrons. The van der Waals surface area contributed by atoms with E-state index in [4.69, 9.17) is 0 Å². The predicted molar refractivity (Wildman–Crippen MR) is 132 cm³/mol. The Labute approximate surface area is 202 Å². The third kappa shape index (κ3) is 4.37. The summed E-state index contributed by atoms with van der Waals surface area (Å²) in [7, 11) is 0. The molecule has 0 heterocycles. The third-order valence-electron chi connectivity index (χ3n) is 8.53. The van der Waals surface area contributed by atoms with Gasteiger partial charge in [0.1, 0.15) is 17.2 Å². The summed E-state index contributed by atoms with van der Waals surface area (Å²) in [5.74, 6) is -1.10. The van der Waals surface area contributed by atoms with E-state index in [2.05, 4.69) is 33.8 Å². The van der Waals surface area contributed by atoms with Crippen molar-refractivity contribution in [1.29, 1.82) is 0 Å². The van der Waals surface area contributed by atoms with Crippen LogP contribution in [0.2, 0.25) is 0 Å². The second-order valence-corrected chi connectivity index (χ2v) is 11.7. The highest BCUT2D eigenvalue weighted by molar-refractivity contribution is 5.95. The van der Waals surface area contributed by atoms with E-state index >= 15 is 0 Å². The molecule has 2 aliphatic carbocycles. The van der Waals surface area contributed by atoms with Crippen molar-refractivity contribution in [3.8, 4) is 17.2 Å². The molecule has 1 fully saturated rings. The summed E-state index contributed by atoms with van der Waals surface area (Å²) in [6.45, 7) is 12.2. The van der Waals surface area contributed by atoms with Gasteiger partial charge < -0.3 is 20.4 Å². The summed E-state index contributed by atoms with van der Waals surface area (Å²) in [5, 5.41) is 43.4. The molecule has 2 aliphatic rings. The van der Waals surface area contributed by atoms with E-state index in [1.54, 1.807) is 0 Å². The van der Waals surface area contributed by atoms with Gasteiger partial charge in [-0.25, -0.2) is 0 Å². The molecule has 0 saturated heterocycles. The SMILES string of the molecule is CC(C)CC(c1c(O)c(C=O)c(O)c(C=O)c1O)[C@@]1(C)CC[C@@H]2C1=CC(C(C)(C)O)CCC2C. The molecule has 0 aromatic heterocycles. The van der Waals surface area contributed by atoms with Gasteiger partial charge in [-0.15, -0.1) is 0 Å². The molecule has 5 atom stereocenters. The number of benzene rings is 1. The van der Waals surface area contributed by atoms with Crippen LogP contribution in [-0.2, 0) is 0 Å². The Morgan fingerprint density at radius 3 is 2.06 bits per heavy atom. The van der Waals surface area contributed by atoms with E-state index < -0.39 is 34.2 Å². The van der Waals surface area contributed by atoms with Gasteiger partial charge in [-0.05, 0) is 69.1 Å². The monoisotopic (exact) mass is 472 g/mol. The number of carbonyl (C=O) groups is 2. The van der Waals surface area contributed by atoms with Crippen LogP contribution in [0.15, 0.2) is 11.6 Å². The molecular formula is C28H40O6. The van der Waals surface area contributed by atoms with Gasteiger partial charge in [0.05, 0.1) is 16.7 Å². The first-order chi connectivity index (χ1) is 15.8. The highest BCUT2D eigenvalue weighted by Crippen LogP contribution is 2.62. The summed E-state index contributed by atoms with van der Waals surface area (Å²) in [6.07, 6.45) is 7.14. The molecule has 0 spiro atoms. The minimum absolute atomic E-state index is 0.0230. The number of fused-ring (bicyclic) bond motifs is 1. The van der Waals surface area contributed by atoms with E-state index in [1.807, 2.05) is 13.8 Å². The molecular weight excluding hydrogens is 432 g/mol. The van der Waals surface area contributed by atoms with E-state index in [0.717, 1.165) is 25.7 Å². The summed E-state index contributed by atoms with van der Waals surface area (Å²) in [4.78, 5) is 23.5. The topological polar surface area (TPSA) is 115 Å². The van der Waals surface area contributed by atoms with Gasteiger partial charge in [0.2, 0.25) is 0 Å². The number of hydrogen-bond donors (Lipinski definition) is 4. The molecule has 6 nitrogen and oxygen atoms in total. The van der Waals surface area contributed by atoms with Crippen LogP contribution >= 0.6 is 0 Å². The fourth-order valence-corrected chi connectivity index (χ4v) is 6.45. The first kappa shape index (κ1) is 26.3. The van der Waals surface area contributed by atoms with Crippen LogP contribution in [0.4, 0.5) is 0 Å². The molecule has 0 aliphatic heterocycles. The molecule has 6 heteroatoms. The number of allylic oxidation sites excluding steroid dienone is 1. The standard InChI is InChI=1S/C28H40O6/c1-15(2)11-22(23-25(32)19(13-29)24(31)20(14-30)26(23)33)28(6)10-9-18-16(3)7-8-17(12-21(18)28)27(4,5)34/h12-18,22,31-34H,7-11H2,1-6H3/t16?,17?,18-,22?,28-/m0/s1. The highest BCUT2D eigenvalue weighted by atomic mass is 16.3. The molecule has 3 unspecified atom stereocenters. The van der Waals surface area contributed by atoms with Crippen molar-refractivity contribution in [2.45, 2.75) is 85.2 Å². The van der Waals surface area contributed by atoms with Crippen LogP contribution in [0.5, 0.6) is 17.2 Å². The number of carbonyl (C=O) groups excluding carboxylic acids is 2. The molecule has 4 N–H and O–H groups in total. The maximum absolute atomic E-state index is 11.7. The van der Waals surface area contributed by atoms with Crippen molar-refractivity contribution in [3.63, 3.8) is 0 Å². The summed E-state index contributed by atoms with van der Waals surface area (Å²) < 4.78 is 0. The molecule has 3 rings (SSSR count). The van der Waals surface area contributed by atoms with Crippen molar-refractivity contribution < 1.29 is 30.0 Å². The van der Waals surface area contributed by atoms with Crippen LogP contribution in [0, 0.1) is 29.1 Å². The molecule has 1 aromatic rings. The van der Waals surface area contributed by atoms with E-state index in [9.17, 15) is 30.0 Å². The molecule has 0 bridgehead atoms. The maximum atomic E-state index is 11.7. The summed E-state index contributed by atoms with van der Waals surface area (Å²) in [5.41, 5.74) is -0.724. The van der Waals surface area contributed by atoms with Crippen molar-refractivity contribution in [3.05, 3.63) is 28.3 Å². The smallest absolute Gasteiger partial charge is 0.157 e. The Morgan fingerprint density at radius 2 is 1.59 bits per heavy atom. The number of aromatic hydroxyl groups is 3. The van der Waals surface area contributed by atoms with Gasteiger partial charge in [-0.2, -0.15) is 0 Å². The zero-order chi connectivity index (χ0) is 25.6. The number of aliphatic hydroxyl groups is 1. The van der Waals surface area contributed by atoms with E-state index in [-0.39, 0.29) is 28.5 Å². The Morgan fingerprint density at radius 1 is 1.03 bits per heavy atom. The van der Waals surface area contributed by atoms with Crippen LogP contribution in [0.3, 0.4) is 0 Å². The normalized spacial score (nSPS) is 28.2. The second-order valence-electron chi connectivity index (χ2n) is 11.7. The lowest BCUT2D eigenvalue weighted by molar-refractivity contribution is 0.0318. The zero-order valence-corrected chi connectivity index (χ0v) is 21.3. The van der Waals surface area contributed by atoms with E-state index in [1.165, 1.54) is 5.57 Å². The van der Waals surface area contributed by atoms with Crippen LogP contribution in [-0.4, -0.2) is 38.6 Å². The average Bonchev–Trinajstić information content (AvgIpc) is 2.95. The Bertz CT molecular complexity index is 951. The molecule has 34 heavy (non-hydrogen) atoms. The fourth-order valence-electron chi connectivity index (χ4n) is 6.45. The molecule has 1 saturated carbocycles. The number of phenolic OH excluding ortho intramolecular Hbond substituents is 3. The Balaban J connectivity index is 2.30. The largest absolute Gasteiger partial charge is 0.507 e. The second kappa shape index (κ2) is 9.37. The lowest BCUT2D eigenvalue weighted by Crippen LogP contribution is -2.31. The van der Waals surface area contributed by atoms with E-state index in [0.29, 0.717) is 30.8 Å². The third-order valence-corrected chi connectivity index (χ3v) is 8.53. The average molecular weight is 473 g/mol. The van der Waals surface area contributed by atoms with Gasteiger partial charge in [-0.3, -0.25) is 9.59 Å². The Hall–Kier alpha value is -2.34. The highest BCUT2D eigenvalue weighted by Gasteiger charge is 2.50. The number of phenols is 3. The lowest BCUT2D eigenvalue weighted by Gasteiger charge is -2.40. The van der Waals surface area contributed by atoms with Gasteiger partial charge in [0, 0.05) is 17.4 Å². The van der Waals surface area contributed by atoms with Crippen molar-refractivity contribution >= 4 is 12.6 Å². The van der Waals surface area contributed by atoms with Crippen molar-refractivity contribution in [1.82, 2.24) is 0 Å². The molecule has 1 aromatic carbocycles. The number of aldehydes is 2. The van der Waals surface area contributed by atoms with Gasteiger partial charge in [0.15, 0.2) is 12.6 Å². The quantitative estimate of drug-likeness (QED) is 0.298. The minimum Gasteiger partial charge on any atom is -0.507 e. The lowest BCUT2D eigenvalue weighted by atomic mass is 9.64. The summed E-state index contributed by atoms with van der Waals surface area (Å²) in [6, 6.07) is 0.